The molecule has 4 aliphatic rings. The average Bonchev–Trinajstić information content (AvgIpc) is 2.88. The quantitative estimate of drug-likeness (QED) is 0.193. The predicted octanol–water partition coefficient (Wildman–Crippen LogP) is 8.92. The average molecular weight is 575 g/mol. The van der Waals surface area contributed by atoms with Gasteiger partial charge in [-0.1, -0.05) is 114 Å². The molecule has 1 unspecified atom stereocenters. The normalized spacial score (nSPS) is 28.4. The van der Waals surface area contributed by atoms with E-state index in [9.17, 15) is 0 Å². The van der Waals surface area contributed by atoms with Crippen molar-refractivity contribution < 1.29 is 4.74 Å². The summed E-state index contributed by atoms with van der Waals surface area (Å²) >= 11 is 2.38. The molecular weight excluding hydrogens is 539 g/mol. The smallest absolute Gasteiger partial charge is 0.144 e. The van der Waals surface area contributed by atoms with Gasteiger partial charge in [0.15, 0.2) is 0 Å². The zero-order valence-electron chi connectivity index (χ0n) is 20.4. The van der Waals surface area contributed by atoms with Crippen molar-refractivity contribution >= 4 is 22.6 Å². The monoisotopic (exact) mass is 574 g/mol. The predicted molar refractivity (Wildman–Crippen MR) is 152 cm³/mol. The molecule has 7 rings (SSSR count). The maximum atomic E-state index is 7.48. The van der Waals surface area contributed by atoms with E-state index in [4.69, 9.17) is 4.74 Å². The zero-order valence-corrected chi connectivity index (χ0v) is 22.5. The lowest BCUT2D eigenvalue weighted by molar-refractivity contribution is -0.100. The molecule has 1 nitrogen and oxygen atoms in total. The molecular formula is C33H35IO. The van der Waals surface area contributed by atoms with E-state index in [1.54, 1.807) is 0 Å². The van der Waals surface area contributed by atoms with Crippen LogP contribution in [-0.4, -0.2) is 6.10 Å². The second-order valence-electron chi connectivity index (χ2n) is 11.4. The molecule has 4 fully saturated rings. The Kier molecular flexibility index (Phi) is 6.62. The SMILES string of the molecule is I/C=C/C(CC12CC3CC(CC(C3)C1)C2)OC(c1ccccc1)(c1ccccc1)c1ccccc1. The minimum Gasteiger partial charge on any atom is -0.353 e. The van der Waals surface area contributed by atoms with Gasteiger partial charge in [-0.3, -0.25) is 0 Å². The second kappa shape index (κ2) is 9.86. The van der Waals surface area contributed by atoms with Gasteiger partial charge in [-0.2, -0.15) is 0 Å². The Morgan fingerprint density at radius 2 is 1.11 bits per heavy atom. The van der Waals surface area contributed by atoms with Crippen LogP contribution in [0.4, 0.5) is 0 Å². The molecule has 0 amide bonds. The van der Waals surface area contributed by atoms with Gasteiger partial charge in [0.2, 0.25) is 0 Å². The molecule has 180 valence electrons. The van der Waals surface area contributed by atoms with Crippen LogP contribution < -0.4 is 0 Å². The Hall–Kier alpha value is -1.91. The van der Waals surface area contributed by atoms with Crippen molar-refractivity contribution in [3.05, 3.63) is 118 Å². The molecule has 0 radical (unpaired) electrons. The lowest BCUT2D eigenvalue weighted by Crippen LogP contribution is -2.48. The second-order valence-corrected chi connectivity index (χ2v) is 12.1. The molecule has 0 N–H and O–H groups in total. The summed E-state index contributed by atoms with van der Waals surface area (Å²) in [7, 11) is 0. The van der Waals surface area contributed by atoms with Crippen LogP contribution in [0.25, 0.3) is 0 Å². The first-order valence-electron chi connectivity index (χ1n) is 13.3. The van der Waals surface area contributed by atoms with E-state index < -0.39 is 5.60 Å². The van der Waals surface area contributed by atoms with Crippen LogP contribution in [0.1, 0.15) is 61.6 Å². The first-order chi connectivity index (χ1) is 17.2. The van der Waals surface area contributed by atoms with E-state index in [2.05, 4.69) is 124 Å². The van der Waals surface area contributed by atoms with Gasteiger partial charge in [0, 0.05) is 0 Å². The summed E-state index contributed by atoms with van der Waals surface area (Å²) in [6.45, 7) is 0. The first kappa shape index (κ1) is 23.5. The van der Waals surface area contributed by atoms with Crippen LogP contribution in [0.15, 0.2) is 101 Å². The molecule has 0 saturated heterocycles. The summed E-state index contributed by atoms with van der Waals surface area (Å²) < 4.78 is 9.66. The molecule has 4 saturated carbocycles. The summed E-state index contributed by atoms with van der Waals surface area (Å²) in [4.78, 5) is 0. The minimum atomic E-state index is -0.660. The molecule has 3 aromatic carbocycles. The van der Waals surface area contributed by atoms with Gasteiger partial charge in [-0.25, -0.2) is 0 Å². The largest absolute Gasteiger partial charge is 0.353 e. The van der Waals surface area contributed by atoms with Crippen LogP contribution in [0, 0.1) is 23.2 Å². The minimum absolute atomic E-state index is 0.0590. The van der Waals surface area contributed by atoms with Crippen LogP contribution >= 0.6 is 22.6 Å². The molecule has 0 spiro atoms. The van der Waals surface area contributed by atoms with Crippen molar-refractivity contribution in [1.82, 2.24) is 0 Å². The van der Waals surface area contributed by atoms with Gasteiger partial charge in [0.1, 0.15) is 5.60 Å². The van der Waals surface area contributed by atoms with Crippen molar-refractivity contribution in [2.24, 2.45) is 23.2 Å². The van der Waals surface area contributed by atoms with Gasteiger partial charge >= 0.3 is 0 Å². The van der Waals surface area contributed by atoms with Gasteiger partial charge in [-0.05, 0) is 95.0 Å². The number of benzene rings is 3. The summed E-state index contributed by atoms with van der Waals surface area (Å²) in [5.41, 5.74) is 3.36. The Morgan fingerprint density at radius 3 is 1.49 bits per heavy atom. The molecule has 4 bridgehead atoms. The van der Waals surface area contributed by atoms with E-state index in [1.807, 2.05) is 0 Å². The first-order valence-corrected chi connectivity index (χ1v) is 14.5. The van der Waals surface area contributed by atoms with E-state index in [1.165, 1.54) is 55.2 Å². The summed E-state index contributed by atoms with van der Waals surface area (Å²) in [5.74, 6) is 2.85. The summed E-state index contributed by atoms with van der Waals surface area (Å²) in [6.07, 6.45) is 12.2. The van der Waals surface area contributed by atoms with Crippen molar-refractivity contribution in [1.29, 1.82) is 0 Å². The fourth-order valence-electron chi connectivity index (χ4n) is 8.15. The third-order valence-corrected chi connectivity index (χ3v) is 9.37. The molecule has 0 aromatic heterocycles. The molecule has 0 heterocycles. The fourth-order valence-corrected chi connectivity index (χ4v) is 8.61. The van der Waals surface area contributed by atoms with Gasteiger partial charge in [0.25, 0.3) is 0 Å². The summed E-state index contributed by atoms with van der Waals surface area (Å²) in [6, 6.07) is 32.5. The van der Waals surface area contributed by atoms with E-state index >= 15 is 0 Å². The third-order valence-electron chi connectivity index (χ3n) is 8.96. The third kappa shape index (κ3) is 4.53. The van der Waals surface area contributed by atoms with Gasteiger partial charge in [0.05, 0.1) is 6.10 Å². The topological polar surface area (TPSA) is 9.23 Å². The van der Waals surface area contributed by atoms with Crippen molar-refractivity contribution in [2.75, 3.05) is 0 Å². The van der Waals surface area contributed by atoms with Gasteiger partial charge in [-0.15, -0.1) is 0 Å². The number of hydrogen-bond acceptors (Lipinski definition) is 1. The maximum absolute atomic E-state index is 7.48. The molecule has 0 aliphatic heterocycles. The fraction of sp³-hybridized carbons (Fsp3) is 0.394. The van der Waals surface area contributed by atoms with Crippen molar-refractivity contribution in [2.45, 2.75) is 56.7 Å². The van der Waals surface area contributed by atoms with Crippen LogP contribution in [0.2, 0.25) is 0 Å². The molecule has 4 aliphatic carbocycles. The van der Waals surface area contributed by atoms with E-state index in [0.717, 1.165) is 24.2 Å². The highest BCUT2D eigenvalue weighted by atomic mass is 127. The Morgan fingerprint density at radius 1 is 0.714 bits per heavy atom. The maximum Gasteiger partial charge on any atom is 0.144 e. The molecule has 1 atom stereocenters. The highest BCUT2D eigenvalue weighted by Gasteiger charge is 2.52. The van der Waals surface area contributed by atoms with E-state index in [-0.39, 0.29) is 6.10 Å². The van der Waals surface area contributed by atoms with E-state index in [0.29, 0.717) is 5.41 Å². The molecule has 2 heteroatoms. The highest BCUT2D eigenvalue weighted by molar-refractivity contribution is 14.1. The lowest BCUT2D eigenvalue weighted by atomic mass is 9.48. The van der Waals surface area contributed by atoms with Gasteiger partial charge < -0.3 is 4.74 Å². The molecule has 35 heavy (non-hydrogen) atoms. The Bertz CT molecular complexity index is 1010. The molecule has 3 aromatic rings. The Balaban J connectivity index is 1.44. The number of ether oxygens (including phenoxy) is 1. The van der Waals surface area contributed by atoms with Crippen LogP contribution in [0.5, 0.6) is 0 Å². The number of rotatable bonds is 8. The standard InChI is InChI=1S/C33H35IO/c34-17-16-31(24-32-21-25-18-26(22-32)20-27(19-25)23-32)35-33(28-10-4-1-5-11-28,29-12-6-2-7-13-29)30-14-8-3-9-15-30/h1-17,25-27,31H,18-24H2/b17-16+. The highest BCUT2D eigenvalue weighted by Crippen LogP contribution is 2.62. The van der Waals surface area contributed by atoms with Crippen molar-refractivity contribution in [3.63, 3.8) is 0 Å². The zero-order chi connectivity index (χ0) is 23.7. The number of halogens is 1. The number of hydrogen-bond donors (Lipinski definition) is 0. The van der Waals surface area contributed by atoms with Crippen LogP contribution in [0.3, 0.4) is 0 Å². The Labute approximate surface area is 224 Å². The van der Waals surface area contributed by atoms with Crippen molar-refractivity contribution in [3.8, 4) is 0 Å². The van der Waals surface area contributed by atoms with Crippen LogP contribution in [-0.2, 0) is 10.3 Å². The lowest BCUT2D eigenvalue weighted by Gasteiger charge is -2.57. The summed E-state index contributed by atoms with van der Waals surface area (Å²) in [5, 5.41) is 0.